The third-order valence-electron chi connectivity index (χ3n) is 13.4. The van der Waals surface area contributed by atoms with Gasteiger partial charge < -0.3 is 14.2 Å². The van der Waals surface area contributed by atoms with Crippen LogP contribution in [-0.4, -0.2) is 37.2 Å². The number of esters is 3. The van der Waals surface area contributed by atoms with Crippen LogP contribution in [0.4, 0.5) is 0 Å². The zero-order valence-electron chi connectivity index (χ0n) is 48.6. The van der Waals surface area contributed by atoms with Crippen molar-refractivity contribution < 1.29 is 28.6 Å². The molecule has 424 valence electrons. The second-order valence-electron chi connectivity index (χ2n) is 20.6. The average molecular weight is 1030 g/mol. The molecule has 0 aromatic carbocycles. The first-order valence-corrected chi connectivity index (χ1v) is 31.2. The number of carbonyl (C=O) groups is 3. The van der Waals surface area contributed by atoms with Crippen molar-refractivity contribution in [3.05, 3.63) is 97.2 Å². The first-order valence-electron chi connectivity index (χ1n) is 31.2. The van der Waals surface area contributed by atoms with Crippen LogP contribution >= 0.6 is 0 Å². The van der Waals surface area contributed by atoms with Gasteiger partial charge in [-0.05, 0) is 83.5 Å². The Balaban J connectivity index is 4.24. The normalized spacial score (nSPS) is 12.7. The van der Waals surface area contributed by atoms with E-state index in [-0.39, 0.29) is 31.1 Å². The van der Waals surface area contributed by atoms with Crippen LogP contribution in [0.3, 0.4) is 0 Å². The lowest BCUT2D eigenvalue weighted by atomic mass is 10.0. The molecule has 6 heteroatoms. The lowest BCUT2D eigenvalue weighted by Gasteiger charge is -2.18. The smallest absolute Gasteiger partial charge is 0.306 e. The maximum Gasteiger partial charge on any atom is 0.306 e. The minimum absolute atomic E-state index is 0.0779. The molecule has 0 aliphatic heterocycles. The van der Waals surface area contributed by atoms with E-state index in [1.165, 1.54) is 135 Å². The predicted molar refractivity (Wildman–Crippen MR) is 320 cm³/mol. The lowest BCUT2D eigenvalue weighted by molar-refractivity contribution is -0.167. The van der Waals surface area contributed by atoms with E-state index in [9.17, 15) is 14.4 Å². The minimum Gasteiger partial charge on any atom is -0.462 e. The Morgan fingerprint density at radius 1 is 0.284 bits per heavy atom. The van der Waals surface area contributed by atoms with Crippen molar-refractivity contribution >= 4 is 17.9 Å². The van der Waals surface area contributed by atoms with E-state index in [1.807, 2.05) is 0 Å². The van der Waals surface area contributed by atoms with E-state index in [1.54, 1.807) is 0 Å². The van der Waals surface area contributed by atoms with Gasteiger partial charge in [-0.3, -0.25) is 14.4 Å². The minimum atomic E-state index is -0.780. The summed E-state index contributed by atoms with van der Waals surface area (Å²) in [6, 6.07) is 0. The molecule has 0 bridgehead atoms. The van der Waals surface area contributed by atoms with Crippen molar-refractivity contribution in [2.75, 3.05) is 13.2 Å². The second-order valence-corrected chi connectivity index (χ2v) is 20.6. The number of hydrogen-bond acceptors (Lipinski definition) is 6. The van der Waals surface area contributed by atoms with Crippen LogP contribution in [-0.2, 0) is 28.6 Å². The summed E-state index contributed by atoms with van der Waals surface area (Å²) in [6.07, 6.45) is 82.7. The molecular weight excluding hydrogens is 913 g/mol. The van der Waals surface area contributed by atoms with Gasteiger partial charge in [0, 0.05) is 19.3 Å². The number of allylic oxidation sites excluding steroid dienone is 16. The predicted octanol–water partition coefficient (Wildman–Crippen LogP) is 21.3. The fourth-order valence-corrected chi connectivity index (χ4v) is 8.69. The van der Waals surface area contributed by atoms with Crippen LogP contribution in [0.25, 0.3) is 0 Å². The molecule has 0 aliphatic rings. The maximum absolute atomic E-state index is 12.8. The maximum atomic E-state index is 12.8. The topological polar surface area (TPSA) is 78.9 Å². The number of ether oxygens (including phenoxy) is 3. The van der Waals surface area contributed by atoms with Crippen molar-refractivity contribution in [1.82, 2.24) is 0 Å². The molecular formula is C68H116O6. The first-order chi connectivity index (χ1) is 36.5. The molecule has 0 amide bonds. The third kappa shape index (κ3) is 59.2. The second kappa shape index (κ2) is 61.9. The molecule has 0 saturated carbocycles. The summed E-state index contributed by atoms with van der Waals surface area (Å²) in [4.78, 5) is 38.1. The Morgan fingerprint density at radius 2 is 0.527 bits per heavy atom. The van der Waals surface area contributed by atoms with Gasteiger partial charge in [0.1, 0.15) is 13.2 Å². The molecule has 0 aromatic rings. The van der Waals surface area contributed by atoms with E-state index in [2.05, 4.69) is 118 Å². The fourth-order valence-electron chi connectivity index (χ4n) is 8.69. The molecule has 0 aliphatic carbocycles. The van der Waals surface area contributed by atoms with Gasteiger partial charge in [0.05, 0.1) is 0 Å². The number of unbranched alkanes of at least 4 members (excludes halogenated alkanes) is 29. The van der Waals surface area contributed by atoms with Crippen molar-refractivity contribution in [3.8, 4) is 0 Å². The molecule has 0 saturated heterocycles. The van der Waals surface area contributed by atoms with Crippen LogP contribution in [0.15, 0.2) is 97.2 Å². The summed E-state index contributed by atoms with van der Waals surface area (Å²) in [7, 11) is 0. The Kier molecular flexibility index (Phi) is 58.8. The largest absolute Gasteiger partial charge is 0.462 e. The van der Waals surface area contributed by atoms with E-state index < -0.39 is 6.10 Å². The van der Waals surface area contributed by atoms with Crippen LogP contribution in [0.5, 0.6) is 0 Å². The van der Waals surface area contributed by atoms with Gasteiger partial charge >= 0.3 is 17.9 Å². The molecule has 6 nitrogen and oxygen atoms in total. The summed E-state index contributed by atoms with van der Waals surface area (Å²) in [6.45, 7) is 6.52. The molecule has 1 atom stereocenters. The highest BCUT2D eigenvalue weighted by molar-refractivity contribution is 5.71. The highest BCUT2D eigenvalue weighted by atomic mass is 16.6. The Morgan fingerprint density at radius 3 is 0.824 bits per heavy atom. The highest BCUT2D eigenvalue weighted by Crippen LogP contribution is 2.16. The van der Waals surface area contributed by atoms with Crippen LogP contribution in [0.2, 0.25) is 0 Å². The van der Waals surface area contributed by atoms with Gasteiger partial charge in [-0.25, -0.2) is 0 Å². The standard InChI is InChI=1S/C68H116O6/c1-4-7-10-13-16-19-22-24-26-27-28-29-30-31-32-33-34-35-36-37-38-39-40-41-43-44-46-49-52-55-58-61-67(70)73-64-65(63-72-66(69)60-57-54-51-48-21-18-15-12-9-6-3)74-68(71)62-59-56-53-50-47-45-42-25-23-20-17-14-11-8-5-2/h7,10,16,19,24,26,28-29,31-32,34-35,37-38,40-41,65H,4-6,8-9,11-15,17-18,20-23,25,27,30,33,36,39,42-64H2,1-3H3/b10-7-,19-16-,26-24-,29-28-,32-31-,35-34-,38-37-,41-40-. The van der Waals surface area contributed by atoms with Gasteiger partial charge in [-0.1, -0.05) is 291 Å². The number of carbonyl (C=O) groups excluding carboxylic acids is 3. The van der Waals surface area contributed by atoms with Crippen molar-refractivity contribution in [2.45, 2.75) is 303 Å². The molecule has 1 unspecified atom stereocenters. The van der Waals surface area contributed by atoms with Gasteiger partial charge in [-0.15, -0.1) is 0 Å². The van der Waals surface area contributed by atoms with E-state index in [0.29, 0.717) is 19.3 Å². The molecule has 0 radical (unpaired) electrons. The SMILES string of the molecule is CC/C=C\C/C=C\C/C=C\C/C=C\C/C=C\C/C=C\C/C=C\C/C=C\CCCCCCCCC(=O)OCC(COC(=O)CCCCCCCCCCCC)OC(=O)CCCCCCCCCCCCCCCCC. The highest BCUT2D eigenvalue weighted by Gasteiger charge is 2.19. The number of rotatable bonds is 56. The zero-order chi connectivity index (χ0) is 53.6. The zero-order valence-corrected chi connectivity index (χ0v) is 48.6. The molecule has 0 aromatic heterocycles. The van der Waals surface area contributed by atoms with Gasteiger partial charge in [0.25, 0.3) is 0 Å². The van der Waals surface area contributed by atoms with Crippen molar-refractivity contribution in [1.29, 1.82) is 0 Å². The molecule has 0 rings (SSSR count). The van der Waals surface area contributed by atoms with Crippen molar-refractivity contribution in [3.63, 3.8) is 0 Å². The van der Waals surface area contributed by atoms with Crippen LogP contribution in [0, 0.1) is 0 Å². The molecule has 0 N–H and O–H groups in total. The van der Waals surface area contributed by atoms with E-state index in [0.717, 1.165) is 122 Å². The molecule has 0 spiro atoms. The molecule has 74 heavy (non-hydrogen) atoms. The Bertz CT molecular complexity index is 1460. The van der Waals surface area contributed by atoms with Gasteiger partial charge in [0.15, 0.2) is 6.10 Å². The summed E-state index contributed by atoms with van der Waals surface area (Å²) in [5.41, 5.74) is 0. The van der Waals surface area contributed by atoms with E-state index in [4.69, 9.17) is 14.2 Å². The lowest BCUT2D eigenvalue weighted by Crippen LogP contribution is -2.30. The summed E-state index contributed by atoms with van der Waals surface area (Å²) in [5, 5.41) is 0. The summed E-state index contributed by atoms with van der Waals surface area (Å²) in [5.74, 6) is -0.885. The summed E-state index contributed by atoms with van der Waals surface area (Å²) >= 11 is 0. The van der Waals surface area contributed by atoms with E-state index >= 15 is 0 Å². The average Bonchev–Trinajstić information content (AvgIpc) is 3.40. The van der Waals surface area contributed by atoms with Crippen molar-refractivity contribution in [2.24, 2.45) is 0 Å². The molecule has 0 fully saturated rings. The first kappa shape index (κ1) is 70.3. The third-order valence-corrected chi connectivity index (χ3v) is 13.4. The van der Waals surface area contributed by atoms with Crippen LogP contribution in [0.1, 0.15) is 297 Å². The Labute approximate surface area is 457 Å². The fraction of sp³-hybridized carbons (Fsp3) is 0.721. The van der Waals surface area contributed by atoms with Gasteiger partial charge in [-0.2, -0.15) is 0 Å². The molecule has 0 heterocycles. The van der Waals surface area contributed by atoms with Crippen LogP contribution < -0.4 is 0 Å². The quantitative estimate of drug-likeness (QED) is 0.0261. The number of hydrogen-bond donors (Lipinski definition) is 0. The Hall–Kier alpha value is -3.67. The van der Waals surface area contributed by atoms with Gasteiger partial charge in [0.2, 0.25) is 0 Å². The monoisotopic (exact) mass is 1030 g/mol. The summed E-state index contributed by atoms with van der Waals surface area (Å²) < 4.78 is 16.9.